The number of alkyl halides is 1. The Balaban J connectivity index is 2.23. The average molecular weight is 361 g/mol. The van der Waals surface area contributed by atoms with Gasteiger partial charge >= 0.3 is 0 Å². The Hall–Kier alpha value is -0.580. The maximum Gasteiger partial charge on any atom is 0.254 e. The molecule has 2 rings (SSSR count). The van der Waals surface area contributed by atoms with Gasteiger partial charge < -0.3 is 9.64 Å². The van der Waals surface area contributed by atoms with E-state index >= 15 is 0 Å². The van der Waals surface area contributed by atoms with Gasteiger partial charge in [0, 0.05) is 23.1 Å². The topological polar surface area (TPSA) is 29.5 Å². The summed E-state index contributed by atoms with van der Waals surface area (Å²) in [5.74, 6) is 0.438. The summed E-state index contributed by atoms with van der Waals surface area (Å²) < 4.78 is 6.83. The number of morpholine rings is 1. The van der Waals surface area contributed by atoms with Crippen molar-refractivity contribution < 1.29 is 9.53 Å². The van der Waals surface area contributed by atoms with Crippen LogP contribution in [0.1, 0.15) is 29.8 Å². The molecule has 1 heterocycles. The normalized spacial score (nSPS) is 21.9. The van der Waals surface area contributed by atoms with Crippen LogP contribution in [-0.2, 0) is 4.74 Å². The van der Waals surface area contributed by atoms with Crippen molar-refractivity contribution in [3.05, 3.63) is 33.8 Å². The highest BCUT2D eigenvalue weighted by molar-refractivity contribution is 9.10. The zero-order valence-corrected chi connectivity index (χ0v) is 14.3. The summed E-state index contributed by atoms with van der Waals surface area (Å²) in [6.07, 6.45) is -0.111. The van der Waals surface area contributed by atoms with Crippen LogP contribution in [0.15, 0.2) is 22.7 Å². The lowest BCUT2D eigenvalue weighted by Crippen LogP contribution is -2.55. The van der Waals surface area contributed by atoms with Crippen LogP contribution in [0.4, 0.5) is 0 Å². The zero-order chi connectivity index (χ0) is 14.9. The van der Waals surface area contributed by atoms with Gasteiger partial charge in [-0.1, -0.05) is 15.9 Å². The fraction of sp³-hybridized carbons (Fsp3) is 0.533. The molecule has 3 nitrogen and oxygen atoms in total. The van der Waals surface area contributed by atoms with Crippen LogP contribution in [0.3, 0.4) is 0 Å². The highest BCUT2D eigenvalue weighted by Crippen LogP contribution is 2.24. The molecule has 1 saturated heterocycles. The Morgan fingerprint density at radius 2 is 2.25 bits per heavy atom. The summed E-state index contributed by atoms with van der Waals surface area (Å²) in [7, 11) is 0. The molecule has 1 aliphatic rings. The standard InChI is InChI=1S/C15H19BrClNO2/c1-10-6-11(16)4-5-13(10)14(19)18-8-12(7-17)20-15(2,3)9-18/h4-6,12H,7-9H2,1-3H3. The second-order valence-corrected chi connectivity index (χ2v) is 7.02. The van der Waals surface area contributed by atoms with Gasteiger partial charge in [0.25, 0.3) is 5.91 Å². The number of nitrogens with zero attached hydrogens (tertiary/aromatic N) is 1. The third-order valence-corrected chi connectivity index (χ3v) is 4.20. The number of ether oxygens (including phenoxy) is 1. The lowest BCUT2D eigenvalue weighted by molar-refractivity contribution is -0.117. The molecule has 20 heavy (non-hydrogen) atoms. The van der Waals surface area contributed by atoms with Crippen molar-refractivity contribution in [1.82, 2.24) is 4.90 Å². The largest absolute Gasteiger partial charge is 0.367 e. The van der Waals surface area contributed by atoms with Crippen LogP contribution in [0.5, 0.6) is 0 Å². The van der Waals surface area contributed by atoms with Gasteiger partial charge in [0.15, 0.2) is 0 Å². The van der Waals surface area contributed by atoms with Gasteiger partial charge in [0.1, 0.15) is 0 Å². The summed E-state index contributed by atoms with van der Waals surface area (Å²) in [6.45, 7) is 7.04. The van der Waals surface area contributed by atoms with Crippen molar-refractivity contribution in [3.63, 3.8) is 0 Å². The fourth-order valence-electron chi connectivity index (χ4n) is 2.57. The van der Waals surface area contributed by atoms with Gasteiger partial charge in [0.2, 0.25) is 0 Å². The molecule has 5 heteroatoms. The van der Waals surface area contributed by atoms with E-state index in [0.717, 1.165) is 15.6 Å². The van der Waals surface area contributed by atoms with E-state index in [9.17, 15) is 4.79 Å². The van der Waals surface area contributed by atoms with Crippen LogP contribution in [0.25, 0.3) is 0 Å². The second-order valence-electron chi connectivity index (χ2n) is 5.80. The average Bonchev–Trinajstić information content (AvgIpc) is 2.36. The smallest absolute Gasteiger partial charge is 0.254 e. The number of amides is 1. The van der Waals surface area contributed by atoms with Crippen LogP contribution in [0.2, 0.25) is 0 Å². The SMILES string of the molecule is Cc1cc(Br)ccc1C(=O)N1CC(CCl)OC(C)(C)C1. The molecule has 0 saturated carbocycles. The quantitative estimate of drug-likeness (QED) is 0.754. The maximum atomic E-state index is 12.7. The predicted octanol–water partition coefficient (Wildman–Crippen LogP) is 3.62. The van der Waals surface area contributed by atoms with E-state index < -0.39 is 0 Å². The lowest BCUT2D eigenvalue weighted by atomic mass is 10.0. The summed E-state index contributed by atoms with van der Waals surface area (Å²) in [6, 6.07) is 5.71. The van der Waals surface area contributed by atoms with E-state index in [2.05, 4.69) is 15.9 Å². The highest BCUT2D eigenvalue weighted by atomic mass is 79.9. The first-order valence-corrected chi connectivity index (χ1v) is 7.94. The first-order valence-electron chi connectivity index (χ1n) is 6.61. The van der Waals surface area contributed by atoms with Gasteiger partial charge in [-0.25, -0.2) is 0 Å². The van der Waals surface area contributed by atoms with E-state index in [-0.39, 0.29) is 17.6 Å². The molecule has 0 N–H and O–H groups in total. The molecule has 0 radical (unpaired) electrons. The zero-order valence-electron chi connectivity index (χ0n) is 12.0. The van der Waals surface area contributed by atoms with E-state index in [1.54, 1.807) is 0 Å². The molecule has 0 bridgehead atoms. The molecular formula is C15H19BrClNO2. The van der Waals surface area contributed by atoms with E-state index in [0.29, 0.717) is 19.0 Å². The van der Waals surface area contributed by atoms with Crippen molar-refractivity contribution >= 4 is 33.4 Å². The number of aryl methyl sites for hydroxylation is 1. The summed E-state index contributed by atoms with van der Waals surface area (Å²) >= 11 is 9.32. The molecular weight excluding hydrogens is 342 g/mol. The molecule has 1 fully saturated rings. The van der Waals surface area contributed by atoms with Crippen LogP contribution in [-0.4, -0.2) is 41.5 Å². The lowest BCUT2D eigenvalue weighted by Gasteiger charge is -2.42. The molecule has 1 amide bonds. The second kappa shape index (κ2) is 6.04. The summed E-state index contributed by atoms with van der Waals surface area (Å²) in [5.41, 5.74) is 1.34. The van der Waals surface area contributed by atoms with E-state index in [1.165, 1.54) is 0 Å². The molecule has 1 aromatic rings. The molecule has 1 unspecified atom stereocenters. The van der Waals surface area contributed by atoms with Crippen LogP contribution >= 0.6 is 27.5 Å². The van der Waals surface area contributed by atoms with Crippen molar-refractivity contribution in [1.29, 1.82) is 0 Å². The number of hydrogen-bond donors (Lipinski definition) is 0. The van der Waals surface area contributed by atoms with Crippen molar-refractivity contribution in [2.75, 3.05) is 19.0 Å². The van der Waals surface area contributed by atoms with Crippen LogP contribution in [0, 0.1) is 6.92 Å². The monoisotopic (exact) mass is 359 g/mol. The number of rotatable bonds is 2. The molecule has 1 atom stereocenters. The minimum Gasteiger partial charge on any atom is -0.367 e. The molecule has 110 valence electrons. The minimum absolute atomic E-state index is 0.0430. The fourth-order valence-corrected chi connectivity index (χ4v) is 3.20. The third-order valence-electron chi connectivity index (χ3n) is 3.36. The van der Waals surface area contributed by atoms with Gasteiger partial charge in [-0.05, 0) is 44.5 Å². The first-order chi connectivity index (χ1) is 9.32. The Labute approximate surface area is 133 Å². The van der Waals surface area contributed by atoms with Gasteiger partial charge in [-0.15, -0.1) is 11.6 Å². The Morgan fingerprint density at radius 1 is 1.55 bits per heavy atom. The van der Waals surface area contributed by atoms with Crippen molar-refractivity contribution in [2.24, 2.45) is 0 Å². The molecule has 0 spiro atoms. The van der Waals surface area contributed by atoms with Crippen molar-refractivity contribution in [2.45, 2.75) is 32.5 Å². The third kappa shape index (κ3) is 3.54. The number of hydrogen-bond acceptors (Lipinski definition) is 2. The molecule has 0 aliphatic carbocycles. The number of carbonyl (C=O) groups is 1. The number of halogens is 2. The van der Waals surface area contributed by atoms with Gasteiger partial charge in [0.05, 0.1) is 17.6 Å². The maximum absolute atomic E-state index is 12.7. The molecule has 0 aromatic heterocycles. The van der Waals surface area contributed by atoms with E-state index in [4.69, 9.17) is 16.3 Å². The minimum atomic E-state index is -0.364. The number of benzene rings is 1. The highest BCUT2D eigenvalue weighted by Gasteiger charge is 2.35. The van der Waals surface area contributed by atoms with Gasteiger partial charge in [-0.2, -0.15) is 0 Å². The van der Waals surface area contributed by atoms with Gasteiger partial charge in [-0.3, -0.25) is 4.79 Å². The summed E-state index contributed by atoms with van der Waals surface area (Å²) in [5, 5.41) is 0. The Morgan fingerprint density at radius 3 is 2.85 bits per heavy atom. The first kappa shape index (κ1) is 15.8. The van der Waals surface area contributed by atoms with Crippen LogP contribution < -0.4 is 0 Å². The van der Waals surface area contributed by atoms with E-state index in [1.807, 2.05) is 43.9 Å². The molecule has 1 aromatic carbocycles. The summed E-state index contributed by atoms with van der Waals surface area (Å²) in [4.78, 5) is 14.5. The number of carbonyl (C=O) groups excluding carboxylic acids is 1. The Kier molecular flexibility index (Phi) is 4.77. The predicted molar refractivity (Wildman–Crippen MR) is 84.5 cm³/mol. The van der Waals surface area contributed by atoms with Crippen molar-refractivity contribution in [3.8, 4) is 0 Å². The Bertz CT molecular complexity index is 519. The molecule has 1 aliphatic heterocycles.